The number of aromatic nitrogens is 1. The summed E-state index contributed by atoms with van der Waals surface area (Å²) in [6, 6.07) is 7.80. The first-order chi connectivity index (χ1) is 14.0. The minimum absolute atomic E-state index is 0.223. The van der Waals surface area contributed by atoms with Crippen LogP contribution in [0.3, 0.4) is 0 Å². The van der Waals surface area contributed by atoms with Crippen LogP contribution in [0.4, 0.5) is 10.1 Å². The van der Waals surface area contributed by atoms with Gasteiger partial charge in [-0.25, -0.2) is 9.37 Å². The number of thioether (sulfide) groups is 1. The van der Waals surface area contributed by atoms with Crippen molar-refractivity contribution in [1.29, 1.82) is 0 Å². The van der Waals surface area contributed by atoms with Gasteiger partial charge in [-0.2, -0.15) is 0 Å². The Morgan fingerprint density at radius 2 is 2.14 bits per heavy atom. The highest BCUT2D eigenvalue weighted by molar-refractivity contribution is 8.13. The molecule has 0 radical (unpaired) electrons. The molecule has 5 nitrogen and oxygen atoms in total. The van der Waals surface area contributed by atoms with Gasteiger partial charge in [0, 0.05) is 23.2 Å². The number of anilines is 1. The number of halogens is 2. The topological polar surface area (TPSA) is 80.4 Å². The van der Waals surface area contributed by atoms with Gasteiger partial charge < -0.3 is 11.1 Å². The number of aliphatic imine (C=N–C) groups is 1. The predicted molar refractivity (Wildman–Crippen MR) is 116 cm³/mol. The summed E-state index contributed by atoms with van der Waals surface area (Å²) in [5.74, 6) is 0.361. The maximum atomic E-state index is 15.0. The lowest BCUT2D eigenvalue weighted by molar-refractivity contribution is 0.102. The largest absolute Gasteiger partial charge is 0.379 e. The Morgan fingerprint density at radius 1 is 1.28 bits per heavy atom. The number of amidine groups is 1. The number of hydrogen-bond acceptors (Lipinski definition) is 5. The zero-order valence-corrected chi connectivity index (χ0v) is 17.4. The second-order valence-electron chi connectivity index (χ2n) is 7.49. The van der Waals surface area contributed by atoms with E-state index in [0.29, 0.717) is 21.4 Å². The number of benzene rings is 1. The third-order valence-electron chi connectivity index (χ3n) is 5.68. The average molecular weight is 433 g/mol. The number of nitrogens with one attached hydrogen (secondary N) is 1. The maximum Gasteiger partial charge on any atom is 0.274 e. The minimum atomic E-state index is -0.671. The molecular formula is C21H22ClFN4OS. The van der Waals surface area contributed by atoms with E-state index in [9.17, 15) is 4.79 Å². The van der Waals surface area contributed by atoms with Crippen LogP contribution >= 0.6 is 23.4 Å². The van der Waals surface area contributed by atoms with Crippen LogP contribution in [0.1, 0.15) is 48.2 Å². The molecule has 1 aromatic carbocycles. The van der Waals surface area contributed by atoms with E-state index in [1.54, 1.807) is 36.0 Å². The maximum absolute atomic E-state index is 15.0. The van der Waals surface area contributed by atoms with Gasteiger partial charge >= 0.3 is 0 Å². The molecule has 1 aliphatic carbocycles. The summed E-state index contributed by atoms with van der Waals surface area (Å²) >= 11 is 7.37. The molecule has 2 unspecified atom stereocenters. The molecule has 0 saturated heterocycles. The molecule has 0 bridgehead atoms. The van der Waals surface area contributed by atoms with Gasteiger partial charge in [0.05, 0.1) is 10.6 Å². The summed E-state index contributed by atoms with van der Waals surface area (Å²) in [5, 5.41) is 3.76. The summed E-state index contributed by atoms with van der Waals surface area (Å²) in [7, 11) is 0. The molecule has 1 saturated carbocycles. The van der Waals surface area contributed by atoms with E-state index in [1.807, 2.05) is 0 Å². The van der Waals surface area contributed by atoms with Crippen molar-refractivity contribution in [3.63, 3.8) is 0 Å². The Bertz CT molecular complexity index is 952. The van der Waals surface area contributed by atoms with Crippen LogP contribution in [0, 0.1) is 11.7 Å². The van der Waals surface area contributed by atoms with Crippen molar-refractivity contribution in [2.45, 2.75) is 37.6 Å². The Labute approximate surface area is 178 Å². The molecule has 152 valence electrons. The Hall–Kier alpha value is -2.12. The van der Waals surface area contributed by atoms with Crippen LogP contribution in [0.25, 0.3) is 0 Å². The number of rotatable bonds is 3. The standard InChI is InChI=1S/C21H22ClFN4OS/c22-14-5-8-18(25-11-14)19(28)26-15-6-7-17(23)16(10-15)21-9-3-1-2-4-13(21)12-29-20(24)27-21/h5-8,10-11,13H,1-4,9,12H2,(H2,24,27)(H,26,28). The molecule has 3 N–H and O–H groups in total. The number of nitrogens with zero attached hydrogens (tertiary/aromatic N) is 2. The van der Waals surface area contributed by atoms with Crippen LogP contribution in [0.15, 0.2) is 41.5 Å². The van der Waals surface area contributed by atoms with Crippen molar-refractivity contribution in [3.05, 3.63) is 58.6 Å². The molecule has 0 spiro atoms. The van der Waals surface area contributed by atoms with Gasteiger partial charge in [0.15, 0.2) is 5.17 Å². The van der Waals surface area contributed by atoms with Crippen molar-refractivity contribution < 1.29 is 9.18 Å². The summed E-state index contributed by atoms with van der Waals surface area (Å²) in [5.41, 5.74) is 6.66. The summed E-state index contributed by atoms with van der Waals surface area (Å²) in [6.07, 6.45) is 6.36. The van der Waals surface area contributed by atoms with E-state index < -0.39 is 5.54 Å². The van der Waals surface area contributed by atoms with Gasteiger partial charge in [0.25, 0.3) is 5.91 Å². The molecule has 2 atom stereocenters. The predicted octanol–water partition coefficient (Wildman–Crippen LogP) is 4.96. The van der Waals surface area contributed by atoms with Crippen LogP contribution < -0.4 is 11.1 Å². The SMILES string of the molecule is NC1=NC2(c3cc(NC(=O)c4ccc(Cl)cn4)ccc3F)CCCCCC2CS1. The first-order valence-electron chi connectivity index (χ1n) is 9.69. The van der Waals surface area contributed by atoms with Crippen molar-refractivity contribution in [3.8, 4) is 0 Å². The molecule has 1 aliphatic heterocycles. The number of nitrogens with two attached hydrogens (primary N) is 1. The fraction of sp³-hybridized carbons (Fsp3) is 0.381. The zero-order chi connectivity index (χ0) is 20.4. The van der Waals surface area contributed by atoms with E-state index in [1.165, 1.54) is 12.3 Å². The van der Waals surface area contributed by atoms with Gasteiger partial charge in [0.1, 0.15) is 11.5 Å². The monoisotopic (exact) mass is 432 g/mol. The number of carbonyl (C=O) groups is 1. The van der Waals surface area contributed by atoms with Gasteiger partial charge in [-0.3, -0.25) is 9.79 Å². The van der Waals surface area contributed by atoms with Gasteiger partial charge in [-0.15, -0.1) is 0 Å². The summed E-state index contributed by atoms with van der Waals surface area (Å²) in [4.78, 5) is 21.3. The molecule has 1 amide bonds. The first kappa shape index (κ1) is 20.2. The molecule has 2 heterocycles. The molecule has 1 fully saturated rings. The highest BCUT2D eigenvalue weighted by Gasteiger charge is 2.45. The Kier molecular flexibility index (Phi) is 5.79. The van der Waals surface area contributed by atoms with E-state index in [-0.39, 0.29) is 23.3 Å². The second-order valence-corrected chi connectivity index (χ2v) is 8.97. The zero-order valence-electron chi connectivity index (χ0n) is 15.8. The molecule has 4 rings (SSSR count). The van der Waals surface area contributed by atoms with Crippen molar-refractivity contribution in [2.75, 3.05) is 11.1 Å². The van der Waals surface area contributed by atoms with Crippen LogP contribution in [-0.4, -0.2) is 21.8 Å². The smallest absolute Gasteiger partial charge is 0.274 e. The van der Waals surface area contributed by atoms with E-state index in [4.69, 9.17) is 22.3 Å². The quantitative estimate of drug-likeness (QED) is 0.718. The molecular weight excluding hydrogens is 411 g/mol. The minimum Gasteiger partial charge on any atom is -0.379 e. The lowest BCUT2D eigenvalue weighted by Gasteiger charge is -2.40. The Morgan fingerprint density at radius 3 is 2.93 bits per heavy atom. The van der Waals surface area contributed by atoms with Gasteiger partial charge in [-0.1, -0.05) is 42.6 Å². The molecule has 2 aromatic rings. The third-order valence-corrected chi connectivity index (χ3v) is 6.86. The number of fused-ring (bicyclic) bond motifs is 1. The van der Waals surface area contributed by atoms with Crippen LogP contribution in [0.2, 0.25) is 5.02 Å². The van der Waals surface area contributed by atoms with E-state index in [0.717, 1.165) is 37.9 Å². The van der Waals surface area contributed by atoms with E-state index >= 15 is 4.39 Å². The van der Waals surface area contributed by atoms with Crippen LogP contribution in [0.5, 0.6) is 0 Å². The fourth-order valence-electron chi connectivity index (χ4n) is 4.24. The number of pyridine rings is 1. The fourth-order valence-corrected chi connectivity index (χ4v) is 5.40. The number of hydrogen-bond donors (Lipinski definition) is 2. The van der Waals surface area contributed by atoms with Gasteiger partial charge in [0.2, 0.25) is 0 Å². The molecule has 1 aromatic heterocycles. The normalized spacial score (nSPS) is 24.2. The second kappa shape index (κ2) is 8.32. The van der Waals surface area contributed by atoms with E-state index in [2.05, 4.69) is 10.3 Å². The lowest BCUT2D eigenvalue weighted by atomic mass is 9.75. The molecule has 2 aliphatic rings. The number of amides is 1. The Balaban J connectivity index is 1.69. The van der Waals surface area contributed by atoms with Crippen molar-refractivity contribution in [1.82, 2.24) is 4.98 Å². The third kappa shape index (κ3) is 4.12. The van der Waals surface area contributed by atoms with Crippen molar-refractivity contribution >= 4 is 40.1 Å². The van der Waals surface area contributed by atoms with Crippen LogP contribution in [-0.2, 0) is 5.54 Å². The highest BCUT2D eigenvalue weighted by Crippen LogP contribution is 2.49. The molecule has 8 heteroatoms. The van der Waals surface area contributed by atoms with Gasteiger partial charge in [-0.05, 0) is 49.1 Å². The lowest BCUT2D eigenvalue weighted by Crippen LogP contribution is -2.40. The number of carbonyl (C=O) groups excluding carboxylic acids is 1. The first-order valence-corrected chi connectivity index (χ1v) is 11.1. The van der Waals surface area contributed by atoms with Crippen molar-refractivity contribution in [2.24, 2.45) is 16.6 Å². The molecule has 29 heavy (non-hydrogen) atoms. The summed E-state index contributed by atoms with van der Waals surface area (Å²) < 4.78 is 15.0. The summed E-state index contributed by atoms with van der Waals surface area (Å²) in [6.45, 7) is 0. The average Bonchev–Trinajstić information content (AvgIpc) is 2.92. The highest BCUT2D eigenvalue weighted by atomic mass is 35.5.